The molecule has 0 aliphatic carbocycles. The molecule has 0 saturated heterocycles. The van der Waals surface area contributed by atoms with Crippen molar-refractivity contribution in [2.45, 2.75) is 6.61 Å². The first kappa shape index (κ1) is 8.00. The van der Waals surface area contributed by atoms with Crippen LogP contribution in [0.3, 0.4) is 0 Å². The molecule has 2 heterocycles. The fourth-order valence-electron chi connectivity index (χ4n) is 1.11. The van der Waals surface area contributed by atoms with Gasteiger partial charge in [0.1, 0.15) is 5.58 Å². The number of aromatic nitrogens is 1. The highest BCUT2D eigenvalue weighted by Crippen LogP contribution is 2.22. The van der Waals surface area contributed by atoms with Crippen LogP contribution in [0.5, 0.6) is 0 Å². The van der Waals surface area contributed by atoms with Gasteiger partial charge in [-0.25, -0.2) is 0 Å². The molecule has 3 nitrogen and oxygen atoms in total. The molecule has 2 aromatic heterocycles. The number of rotatable bonds is 1. The van der Waals surface area contributed by atoms with Crippen molar-refractivity contribution in [1.82, 2.24) is 4.98 Å². The fourth-order valence-corrected chi connectivity index (χ4v) is 1.66. The van der Waals surface area contributed by atoms with Gasteiger partial charge < -0.3 is 9.52 Å². The van der Waals surface area contributed by atoms with Crippen molar-refractivity contribution in [3.8, 4) is 0 Å². The van der Waals surface area contributed by atoms with E-state index in [1.807, 2.05) is 6.07 Å². The molecule has 0 bridgehead atoms. The van der Waals surface area contributed by atoms with Crippen molar-refractivity contribution in [3.05, 3.63) is 27.8 Å². The van der Waals surface area contributed by atoms with E-state index in [0.29, 0.717) is 5.69 Å². The van der Waals surface area contributed by atoms with E-state index in [4.69, 9.17) is 9.52 Å². The molecule has 0 aliphatic rings. The van der Waals surface area contributed by atoms with Crippen LogP contribution >= 0.6 is 22.6 Å². The van der Waals surface area contributed by atoms with Crippen LogP contribution in [0.2, 0.25) is 0 Å². The summed E-state index contributed by atoms with van der Waals surface area (Å²) in [5, 5.41) is 9.83. The van der Waals surface area contributed by atoms with Gasteiger partial charge in [0.2, 0.25) is 0 Å². The van der Waals surface area contributed by atoms with Crippen molar-refractivity contribution in [2.24, 2.45) is 0 Å². The largest absolute Gasteiger partial charge is 0.450 e. The van der Waals surface area contributed by atoms with Gasteiger partial charge in [0, 0.05) is 11.6 Å². The minimum absolute atomic E-state index is 0.0487. The monoisotopic (exact) mass is 275 g/mol. The highest BCUT2D eigenvalue weighted by molar-refractivity contribution is 14.1. The van der Waals surface area contributed by atoms with Crippen LogP contribution in [0, 0.1) is 3.77 Å². The van der Waals surface area contributed by atoms with Crippen molar-refractivity contribution < 1.29 is 9.52 Å². The molecule has 0 radical (unpaired) electrons. The van der Waals surface area contributed by atoms with Gasteiger partial charge in [0.15, 0.2) is 3.77 Å². The smallest absolute Gasteiger partial charge is 0.165 e. The third-order valence-corrected chi connectivity index (χ3v) is 2.18. The predicted octanol–water partition coefficient (Wildman–Crippen LogP) is 1.92. The third kappa shape index (κ3) is 1.21. The van der Waals surface area contributed by atoms with E-state index in [-0.39, 0.29) is 6.61 Å². The van der Waals surface area contributed by atoms with E-state index in [2.05, 4.69) is 27.6 Å². The number of hydrogen-bond donors (Lipinski definition) is 1. The summed E-state index contributed by atoms with van der Waals surface area (Å²) >= 11 is 2.09. The van der Waals surface area contributed by atoms with Gasteiger partial charge in [-0.05, 0) is 34.7 Å². The summed E-state index contributed by atoms with van der Waals surface area (Å²) in [7, 11) is 0. The summed E-state index contributed by atoms with van der Waals surface area (Å²) < 4.78 is 6.16. The second kappa shape index (κ2) is 3.02. The van der Waals surface area contributed by atoms with Gasteiger partial charge >= 0.3 is 0 Å². The van der Waals surface area contributed by atoms with Crippen LogP contribution in [-0.2, 0) is 6.61 Å². The van der Waals surface area contributed by atoms with Crippen LogP contribution in [0.4, 0.5) is 0 Å². The standard InChI is InChI=1S/C8H6INO2/c9-8-3-5-6(4-11)10-2-1-7(5)12-8/h1-3,11H,4H2. The summed E-state index contributed by atoms with van der Waals surface area (Å²) in [5.41, 5.74) is 1.44. The van der Waals surface area contributed by atoms with Gasteiger partial charge in [0.25, 0.3) is 0 Å². The Morgan fingerprint density at radius 3 is 3.17 bits per heavy atom. The molecule has 0 fully saturated rings. The highest BCUT2D eigenvalue weighted by Gasteiger charge is 2.05. The fraction of sp³-hybridized carbons (Fsp3) is 0.125. The minimum Gasteiger partial charge on any atom is -0.450 e. The zero-order valence-electron chi connectivity index (χ0n) is 6.12. The van der Waals surface area contributed by atoms with Crippen LogP contribution in [0.25, 0.3) is 11.0 Å². The molecule has 0 saturated carbocycles. The lowest BCUT2D eigenvalue weighted by molar-refractivity contribution is 0.278. The van der Waals surface area contributed by atoms with Crippen molar-refractivity contribution in [2.75, 3.05) is 0 Å². The average Bonchev–Trinajstić information content (AvgIpc) is 2.44. The zero-order chi connectivity index (χ0) is 8.55. The molecule has 2 rings (SSSR count). The van der Waals surface area contributed by atoms with E-state index in [9.17, 15) is 0 Å². The second-order valence-electron chi connectivity index (χ2n) is 2.38. The summed E-state index contributed by atoms with van der Waals surface area (Å²) in [4.78, 5) is 4.03. The lowest BCUT2D eigenvalue weighted by Crippen LogP contribution is -1.87. The molecule has 1 N–H and O–H groups in total. The van der Waals surface area contributed by atoms with Crippen LogP contribution in [0.15, 0.2) is 22.7 Å². The molecule has 12 heavy (non-hydrogen) atoms. The lowest BCUT2D eigenvalue weighted by atomic mass is 10.2. The molecule has 0 spiro atoms. The summed E-state index contributed by atoms with van der Waals surface area (Å²) in [6.07, 6.45) is 1.63. The Labute approximate surface area is 82.5 Å². The average molecular weight is 275 g/mol. The molecule has 62 valence electrons. The Bertz CT molecular complexity index is 410. The first-order chi connectivity index (χ1) is 5.81. The van der Waals surface area contributed by atoms with Gasteiger partial charge in [-0.3, -0.25) is 4.98 Å². The van der Waals surface area contributed by atoms with Gasteiger partial charge in [-0.1, -0.05) is 0 Å². The van der Waals surface area contributed by atoms with Crippen molar-refractivity contribution >= 4 is 33.6 Å². The lowest BCUT2D eigenvalue weighted by Gasteiger charge is -1.93. The zero-order valence-corrected chi connectivity index (χ0v) is 8.28. The Hall–Kier alpha value is -0.620. The Balaban J connectivity index is 2.78. The maximum Gasteiger partial charge on any atom is 0.165 e. The van der Waals surface area contributed by atoms with E-state index in [1.165, 1.54) is 0 Å². The van der Waals surface area contributed by atoms with Crippen LogP contribution in [-0.4, -0.2) is 10.1 Å². The molecule has 2 aromatic rings. The number of nitrogens with zero attached hydrogens (tertiary/aromatic N) is 1. The SMILES string of the molecule is OCc1nccc2oc(I)cc12. The maximum absolute atomic E-state index is 8.94. The van der Waals surface area contributed by atoms with E-state index >= 15 is 0 Å². The molecule has 0 unspecified atom stereocenters. The minimum atomic E-state index is -0.0487. The molecule has 4 heteroatoms. The van der Waals surface area contributed by atoms with Crippen LogP contribution < -0.4 is 0 Å². The van der Waals surface area contributed by atoms with Crippen molar-refractivity contribution in [1.29, 1.82) is 0 Å². The first-order valence-electron chi connectivity index (χ1n) is 3.45. The number of aliphatic hydroxyl groups excluding tert-OH is 1. The Kier molecular flexibility index (Phi) is 2.02. The number of furan rings is 1. The van der Waals surface area contributed by atoms with Gasteiger partial charge in [-0.2, -0.15) is 0 Å². The maximum atomic E-state index is 8.94. The van der Waals surface area contributed by atoms with Crippen LogP contribution in [0.1, 0.15) is 5.69 Å². The quantitative estimate of drug-likeness (QED) is 0.809. The topological polar surface area (TPSA) is 46.3 Å². The molecule has 0 atom stereocenters. The number of aliphatic hydroxyl groups is 1. The summed E-state index contributed by atoms with van der Waals surface area (Å²) in [6.45, 7) is -0.0487. The molecule has 0 aromatic carbocycles. The second-order valence-corrected chi connectivity index (χ2v) is 3.44. The normalized spacial score (nSPS) is 10.8. The van der Waals surface area contributed by atoms with E-state index in [1.54, 1.807) is 12.3 Å². The number of halogens is 1. The number of fused-ring (bicyclic) bond motifs is 1. The molecular formula is C8H6INO2. The first-order valence-corrected chi connectivity index (χ1v) is 4.53. The Morgan fingerprint density at radius 2 is 2.42 bits per heavy atom. The van der Waals surface area contributed by atoms with Crippen molar-refractivity contribution in [3.63, 3.8) is 0 Å². The number of pyridine rings is 1. The molecule has 0 amide bonds. The summed E-state index contributed by atoms with van der Waals surface area (Å²) in [5.74, 6) is 0. The molecule has 0 aliphatic heterocycles. The van der Waals surface area contributed by atoms with Gasteiger partial charge in [-0.15, -0.1) is 0 Å². The summed E-state index contributed by atoms with van der Waals surface area (Å²) in [6, 6.07) is 3.66. The highest BCUT2D eigenvalue weighted by atomic mass is 127. The Morgan fingerprint density at radius 1 is 1.58 bits per heavy atom. The predicted molar refractivity (Wildman–Crippen MR) is 52.6 cm³/mol. The third-order valence-electron chi connectivity index (χ3n) is 1.65. The molecular weight excluding hydrogens is 269 g/mol. The number of hydrogen-bond acceptors (Lipinski definition) is 3. The van der Waals surface area contributed by atoms with Gasteiger partial charge in [0.05, 0.1) is 12.3 Å². The van der Waals surface area contributed by atoms with E-state index < -0.39 is 0 Å². The van der Waals surface area contributed by atoms with E-state index in [0.717, 1.165) is 14.7 Å².